The highest BCUT2D eigenvalue weighted by Crippen LogP contribution is 2.14. The molecule has 1 aliphatic heterocycles. The minimum Gasteiger partial charge on any atom is -0.506 e. The van der Waals surface area contributed by atoms with Gasteiger partial charge in [0.1, 0.15) is 18.2 Å². The number of allylic oxidation sites excluding steroid dienone is 1. The Morgan fingerprint density at radius 2 is 2.04 bits per heavy atom. The molecule has 0 radical (unpaired) electrons. The molecule has 0 amide bonds. The number of H-pyrrole nitrogens is 1. The minimum atomic E-state index is -0.309. The number of piperidine rings is 1. The van der Waals surface area contributed by atoms with Crippen LogP contribution in [0.15, 0.2) is 34.8 Å². The van der Waals surface area contributed by atoms with E-state index in [1.54, 1.807) is 24.3 Å². The fourth-order valence-corrected chi connectivity index (χ4v) is 3.01. The first-order valence-electron chi connectivity index (χ1n) is 7.84. The number of nitrogens with zero attached hydrogens (tertiary/aromatic N) is 2. The molecular formula is C17H19N4O2+. The number of nitrogens with one attached hydrogen (secondary N) is 2. The van der Waals surface area contributed by atoms with E-state index in [1.807, 2.05) is 6.07 Å². The number of hydrogen-bond donors (Lipinski definition) is 3. The van der Waals surface area contributed by atoms with Gasteiger partial charge in [-0.3, -0.25) is 4.79 Å². The smallest absolute Gasteiger partial charge is 0.259 e. The summed E-state index contributed by atoms with van der Waals surface area (Å²) >= 11 is 0. The van der Waals surface area contributed by atoms with Gasteiger partial charge in [-0.05, 0) is 31.4 Å². The van der Waals surface area contributed by atoms with Crippen LogP contribution in [0.4, 0.5) is 0 Å². The zero-order chi connectivity index (χ0) is 16.2. The Kier molecular flexibility index (Phi) is 4.40. The molecule has 3 rings (SSSR count). The van der Waals surface area contributed by atoms with Crippen molar-refractivity contribution < 1.29 is 10.0 Å². The van der Waals surface area contributed by atoms with Crippen molar-refractivity contribution in [2.75, 3.05) is 19.6 Å². The van der Waals surface area contributed by atoms with Gasteiger partial charge in [-0.2, -0.15) is 5.26 Å². The molecule has 0 saturated carbocycles. The molecule has 0 atom stereocenters. The van der Waals surface area contributed by atoms with Crippen LogP contribution in [0.1, 0.15) is 25.1 Å². The Morgan fingerprint density at radius 3 is 2.78 bits per heavy atom. The number of aliphatic hydroxyl groups is 1. The van der Waals surface area contributed by atoms with E-state index in [4.69, 9.17) is 0 Å². The minimum absolute atomic E-state index is 0.0113. The summed E-state index contributed by atoms with van der Waals surface area (Å²) in [4.78, 5) is 20.3. The Morgan fingerprint density at radius 1 is 1.30 bits per heavy atom. The van der Waals surface area contributed by atoms with Crippen molar-refractivity contribution in [3.63, 3.8) is 0 Å². The van der Waals surface area contributed by atoms with Crippen molar-refractivity contribution >= 4 is 16.5 Å². The largest absolute Gasteiger partial charge is 0.506 e. The Balaban J connectivity index is 1.98. The summed E-state index contributed by atoms with van der Waals surface area (Å²) in [5.41, 5.74) is 0.250. The van der Waals surface area contributed by atoms with Gasteiger partial charge in [-0.15, -0.1) is 0 Å². The van der Waals surface area contributed by atoms with Gasteiger partial charge >= 0.3 is 0 Å². The first-order chi connectivity index (χ1) is 11.2. The SMILES string of the molecule is N#CC(=C(O)C[NH+]1CCCCC1)c1nc2ccccc2c(=O)[nH]1. The van der Waals surface area contributed by atoms with Crippen LogP contribution in [0.2, 0.25) is 0 Å². The van der Waals surface area contributed by atoms with Gasteiger partial charge in [-0.1, -0.05) is 12.1 Å². The van der Waals surface area contributed by atoms with Crippen LogP contribution in [0.5, 0.6) is 0 Å². The van der Waals surface area contributed by atoms with Crippen molar-refractivity contribution in [1.29, 1.82) is 5.26 Å². The zero-order valence-electron chi connectivity index (χ0n) is 12.8. The lowest BCUT2D eigenvalue weighted by atomic mass is 10.1. The normalized spacial score (nSPS) is 16.8. The molecule has 2 heterocycles. The van der Waals surface area contributed by atoms with Gasteiger partial charge in [0.05, 0.1) is 24.0 Å². The van der Waals surface area contributed by atoms with Crippen molar-refractivity contribution in [3.8, 4) is 6.07 Å². The second-order valence-electron chi connectivity index (χ2n) is 5.85. The lowest BCUT2D eigenvalue weighted by molar-refractivity contribution is -0.901. The summed E-state index contributed by atoms with van der Waals surface area (Å²) < 4.78 is 0. The maximum Gasteiger partial charge on any atom is 0.259 e. The van der Waals surface area contributed by atoms with Crippen molar-refractivity contribution in [2.45, 2.75) is 19.3 Å². The number of para-hydroxylation sites is 1. The number of aliphatic hydroxyl groups excluding tert-OH is 1. The average Bonchev–Trinajstić information content (AvgIpc) is 2.56. The molecule has 3 N–H and O–H groups in total. The Labute approximate surface area is 133 Å². The lowest BCUT2D eigenvalue weighted by Crippen LogP contribution is -3.13. The van der Waals surface area contributed by atoms with Gasteiger partial charge < -0.3 is 15.0 Å². The summed E-state index contributed by atoms with van der Waals surface area (Å²) in [6.45, 7) is 2.37. The van der Waals surface area contributed by atoms with Gasteiger partial charge in [-0.25, -0.2) is 4.98 Å². The van der Waals surface area contributed by atoms with Crippen molar-refractivity contribution in [2.24, 2.45) is 0 Å². The third-order valence-electron chi connectivity index (χ3n) is 4.23. The summed E-state index contributed by atoms with van der Waals surface area (Å²) in [5, 5.41) is 20.2. The number of rotatable bonds is 3. The Hall–Kier alpha value is -2.65. The van der Waals surface area contributed by atoms with E-state index in [0.29, 0.717) is 17.4 Å². The number of benzene rings is 1. The van der Waals surface area contributed by atoms with Crippen molar-refractivity contribution in [3.05, 3.63) is 46.2 Å². The monoisotopic (exact) mass is 311 g/mol. The first-order valence-corrected chi connectivity index (χ1v) is 7.84. The molecule has 6 heteroatoms. The maximum absolute atomic E-state index is 12.1. The fourth-order valence-electron chi connectivity index (χ4n) is 3.01. The summed E-state index contributed by atoms with van der Waals surface area (Å²) in [5.74, 6) is 0.118. The average molecular weight is 311 g/mol. The van der Waals surface area contributed by atoms with E-state index in [0.717, 1.165) is 25.9 Å². The molecule has 118 valence electrons. The van der Waals surface area contributed by atoms with Crippen molar-refractivity contribution in [1.82, 2.24) is 9.97 Å². The van der Waals surface area contributed by atoms with Gasteiger partial charge in [0.15, 0.2) is 11.6 Å². The number of likely N-dealkylation sites (tertiary alicyclic amines) is 1. The molecule has 0 bridgehead atoms. The zero-order valence-corrected chi connectivity index (χ0v) is 12.8. The van der Waals surface area contributed by atoms with Crippen LogP contribution >= 0.6 is 0 Å². The van der Waals surface area contributed by atoms with E-state index in [-0.39, 0.29) is 22.7 Å². The summed E-state index contributed by atoms with van der Waals surface area (Å²) in [6, 6.07) is 8.93. The molecule has 6 nitrogen and oxygen atoms in total. The van der Waals surface area contributed by atoms with E-state index in [1.165, 1.54) is 11.3 Å². The predicted molar refractivity (Wildman–Crippen MR) is 86.9 cm³/mol. The second-order valence-corrected chi connectivity index (χ2v) is 5.85. The molecule has 2 aromatic rings. The molecular weight excluding hydrogens is 292 g/mol. The van der Waals surface area contributed by atoms with E-state index in [2.05, 4.69) is 9.97 Å². The molecule has 1 saturated heterocycles. The highest BCUT2D eigenvalue weighted by Gasteiger charge is 2.19. The van der Waals surface area contributed by atoms with Crippen LogP contribution in [0, 0.1) is 11.3 Å². The number of quaternary nitrogens is 1. The standard InChI is InChI=1S/C17H18N4O2/c18-10-13(15(22)11-21-8-4-1-5-9-21)16-19-14-7-3-2-6-12(14)17(23)20-16/h2-3,6-7,22H,1,4-5,8-9,11H2,(H,19,20,23)/p+1. The molecule has 1 fully saturated rings. The molecule has 0 unspecified atom stereocenters. The lowest BCUT2D eigenvalue weighted by Gasteiger charge is -2.23. The number of nitriles is 1. The van der Waals surface area contributed by atoms with Gasteiger partial charge in [0.2, 0.25) is 0 Å². The van der Waals surface area contributed by atoms with Crippen LogP contribution in [0.25, 0.3) is 16.5 Å². The van der Waals surface area contributed by atoms with E-state index >= 15 is 0 Å². The van der Waals surface area contributed by atoms with E-state index in [9.17, 15) is 15.2 Å². The van der Waals surface area contributed by atoms with Crippen LogP contribution < -0.4 is 10.5 Å². The highest BCUT2D eigenvalue weighted by molar-refractivity contribution is 5.81. The van der Waals surface area contributed by atoms with E-state index < -0.39 is 0 Å². The number of fused-ring (bicyclic) bond motifs is 1. The molecule has 23 heavy (non-hydrogen) atoms. The number of aromatic nitrogens is 2. The van der Waals surface area contributed by atoms with Gasteiger partial charge in [0, 0.05) is 0 Å². The third kappa shape index (κ3) is 3.25. The topological polar surface area (TPSA) is 94.2 Å². The molecule has 1 aliphatic rings. The predicted octanol–water partition coefficient (Wildman–Crippen LogP) is 0.785. The van der Waals surface area contributed by atoms with Crippen LogP contribution in [-0.4, -0.2) is 34.7 Å². The number of hydrogen-bond acceptors (Lipinski definition) is 4. The first kappa shape index (κ1) is 15.3. The molecule has 0 spiro atoms. The summed E-state index contributed by atoms with van der Waals surface area (Å²) in [6.07, 6.45) is 3.49. The maximum atomic E-state index is 12.1. The van der Waals surface area contributed by atoms with Crippen LogP contribution in [0.3, 0.4) is 0 Å². The van der Waals surface area contributed by atoms with Crippen LogP contribution in [-0.2, 0) is 0 Å². The number of aromatic amines is 1. The molecule has 1 aromatic heterocycles. The summed E-state index contributed by atoms with van der Waals surface area (Å²) in [7, 11) is 0. The highest BCUT2D eigenvalue weighted by atomic mass is 16.3. The second kappa shape index (κ2) is 6.63. The Bertz CT molecular complexity index is 842. The quantitative estimate of drug-likeness (QED) is 0.577. The molecule has 0 aliphatic carbocycles. The molecule has 1 aromatic carbocycles. The third-order valence-corrected chi connectivity index (χ3v) is 4.23. The fraction of sp³-hybridized carbons (Fsp3) is 0.353. The van der Waals surface area contributed by atoms with Gasteiger partial charge in [0.25, 0.3) is 5.56 Å².